The molecular weight excluding hydrogens is 272 g/mol. The molecule has 3 nitrogen and oxygen atoms in total. The third-order valence-electron chi connectivity index (χ3n) is 3.23. The Morgan fingerprint density at radius 2 is 1.67 bits per heavy atom. The Bertz CT molecular complexity index is 769. The maximum atomic E-state index is 13.2. The van der Waals surface area contributed by atoms with E-state index in [0.29, 0.717) is 17.7 Å². The van der Waals surface area contributed by atoms with Crippen molar-refractivity contribution in [2.24, 2.45) is 5.73 Å². The molecule has 0 fully saturated rings. The van der Waals surface area contributed by atoms with Crippen molar-refractivity contribution in [3.8, 4) is 0 Å². The first-order chi connectivity index (χ1) is 10.1. The van der Waals surface area contributed by atoms with E-state index in [0.717, 1.165) is 17.1 Å². The Hall–Kier alpha value is -2.40. The van der Waals surface area contributed by atoms with Crippen molar-refractivity contribution in [3.63, 3.8) is 0 Å². The van der Waals surface area contributed by atoms with Crippen LogP contribution in [-0.4, -0.2) is 9.97 Å². The van der Waals surface area contributed by atoms with E-state index in [2.05, 4.69) is 9.97 Å². The molecule has 1 aromatic heterocycles. The van der Waals surface area contributed by atoms with Gasteiger partial charge < -0.3 is 5.73 Å². The summed E-state index contributed by atoms with van der Waals surface area (Å²) >= 11 is 0. The van der Waals surface area contributed by atoms with E-state index >= 15 is 0 Å². The molecule has 21 heavy (non-hydrogen) atoms. The summed E-state index contributed by atoms with van der Waals surface area (Å²) in [6, 6.07) is 10.4. The minimum atomic E-state index is -0.609. The van der Waals surface area contributed by atoms with Crippen LogP contribution in [0.25, 0.3) is 11.0 Å². The number of halogens is 2. The van der Waals surface area contributed by atoms with Crippen LogP contribution in [0.5, 0.6) is 0 Å². The topological polar surface area (TPSA) is 51.8 Å². The Labute approximate surface area is 120 Å². The number of benzene rings is 2. The summed E-state index contributed by atoms with van der Waals surface area (Å²) in [6.45, 7) is 0. The number of aromatic nitrogens is 2. The molecule has 3 rings (SSSR count). The molecule has 0 spiro atoms. The van der Waals surface area contributed by atoms with Crippen LogP contribution >= 0.6 is 0 Å². The molecule has 1 unspecified atom stereocenters. The van der Waals surface area contributed by atoms with Crippen molar-refractivity contribution in [2.75, 3.05) is 0 Å². The van der Waals surface area contributed by atoms with E-state index < -0.39 is 17.7 Å². The van der Waals surface area contributed by atoms with Crippen LogP contribution in [0.3, 0.4) is 0 Å². The standard InChI is InChI=1S/C16H13F2N3/c17-11-5-10(6-12(18)8-11)7-13(19)16-9-20-14-3-1-2-4-15(14)21-16/h1-6,8-9,13H,7,19H2. The minimum absolute atomic E-state index is 0.293. The molecule has 0 aliphatic heterocycles. The Balaban J connectivity index is 1.87. The maximum Gasteiger partial charge on any atom is 0.126 e. The molecular formula is C16H13F2N3. The third-order valence-corrected chi connectivity index (χ3v) is 3.23. The largest absolute Gasteiger partial charge is 0.322 e. The molecule has 2 N–H and O–H groups in total. The van der Waals surface area contributed by atoms with Crippen molar-refractivity contribution in [2.45, 2.75) is 12.5 Å². The summed E-state index contributed by atoms with van der Waals surface area (Å²) in [5, 5.41) is 0. The van der Waals surface area contributed by atoms with E-state index in [-0.39, 0.29) is 0 Å². The number of fused-ring (bicyclic) bond motifs is 1. The third kappa shape index (κ3) is 3.03. The molecule has 0 radical (unpaired) electrons. The second-order valence-corrected chi connectivity index (χ2v) is 4.87. The van der Waals surface area contributed by atoms with E-state index in [1.54, 1.807) is 6.20 Å². The predicted octanol–water partition coefficient (Wildman–Crippen LogP) is 3.15. The van der Waals surface area contributed by atoms with Gasteiger partial charge in [-0.1, -0.05) is 12.1 Å². The number of hydrogen-bond donors (Lipinski definition) is 1. The van der Waals surface area contributed by atoms with Crippen molar-refractivity contribution in [3.05, 3.63) is 71.6 Å². The highest BCUT2D eigenvalue weighted by Gasteiger charge is 2.11. The van der Waals surface area contributed by atoms with Gasteiger partial charge in [0.05, 0.1) is 29.0 Å². The molecule has 106 valence electrons. The zero-order valence-corrected chi connectivity index (χ0v) is 11.1. The molecule has 0 saturated carbocycles. The fourth-order valence-electron chi connectivity index (χ4n) is 2.24. The predicted molar refractivity (Wildman–Crippen MR) is 76.5 cm³/mol. The number of nitrogens with two attached hydrogens (primary N) is 1. The molecule has 2 aromatic carbocycles. The Kier molecular flexibility index (Phi) is 3.58. The SMILES string of the molecule is NC(Cc1cc(F)cc(F)c1)c1cnc2ccccc2n1. The van der Waals surface area contributed by atoms with E-state index in [9.17, 15) is 8.78 Å². The van der Waals surface area contributed by atoms with Gasteiger partial charge in [0.2, 0.25) is 0 Å². The second-order valence-electron chi connectivity index (χ2n) is 4.87. The molecule has 1 heterocycles. The summed E-state index contributed by atoms with van der Waals surface area (Å²) < 4.78 is 26.4. The Morgan fingerprint density at radius 3 is 2.38 bits per heavy atom. The lowest BCUT2D eigenvalue weighted by Gasteiger charge is -2.11. The molecule has 3 aromatic rings. The van der Waals surface area contributed by atoms with Crippen LogP contribution in [0.1, 0.15) is 17.3 Å². The van der Waals surface area contributed by atoms with Gasteiger partial charge >= 0.3 is 0 Å². The molecule has 0 aliphatic carbocycles. The number of nitrogens with zero attached hydrogens (tertiary/aromatic N) is 2. The first-order valence-electron chi connectivity index (χ1n) is 6.54. The molecule has 0 amide bonds. The van der Waals surface area contributed by atoms with Gasteiger partial charge in [-0.05, 0) is 36.2 Å². The molecule has 5 heteroatoms. The first kappa shape index (κ1) is 13.6. The highest BCUT2D eigenvalue weighted by molar-refractivity contribution is 5.73. The molecule has 1 atom stereocenters. The maximum absolute atomic E-state index is 13.2. The van der Waals surface area contributed by atoms with Crippen molar-refractivity contribution in [1.29, 1.82) is 0 Å². The summed E-state index contributed by atoms with van der Waals surface area (Å²) in [7, 11) is 0. The molecule has 0 bridgehead atoms. The van der Waals surface area contributed by atoms with E-state index in [1.807, 2.05) is 24.3 Å². The smallest absolute Gasteiger partial charge is 0.126 e. The van der Waals surface area contributed by atoms with Crippen LogP contribution in [0.15, 0.2) is 48.7 Å². The summed E-state index contributed by atoms with van der Waals surface area (Å²) in [4.78, 5) is 8.73. The van der Waals surface area contributed by atoms with Crippen LogP contribution in [0.2, 0.25) is 0 Å². The summed E-state index contributed by atoms with van der Waals surface area (Å²) in [6.07, 6.45) is 1.89. The number of rotatable bonds is 3. The second kappa shape index (κ2) is 5.54. The fraction of sp³-hybridized carbons (Fsp3) is 0.125. The fourth-order valence-corrected chi connectivity index (χ4v) is 2.24. The van der Waals surface area contributed by atoms with Gasteiger partial charge in [-0.25, -0.2) is 13.8 Å². The van der Waals surface area contributed by atoms with Gasteiger partial charge in [0, 0.05) is 6.07 Å². The average Bonchev–Trinajstić information content (AvgIpc) is 2.45. The van der Waals surface area contributed by atoms with Gasteiger partial charge in [-0.2, -0.15) is 0 Å². The zero-order chi connectivity index (χ0) is 14.8. The molecule has 0 aliphatic rings. The lowest BCUT2D eigenvalue weighted by atomic mass is 10.0. The summed E-state index contributed by atoms with van der Waals surface area (Å²) in [5.41, 5.74) is 8.69. The quantitative estimate of drug-likeness (QED) is 0.804. The lowest BCUT2D eigenvalue weighted by molar-refractivity contribution is 0.575. The van der Waals surface area contributed by atoms with Crippen LogP contribution in [0.4, 0.5) is 8.78 Å². The van der Waals surface area contributed by atoms with Crippen molar-refractivity contribution in [1.82, 2.24) is 9.97 Å². The Morgan fingerprint density at radius 1 is 1.00 bits per heavy atom. The van der Waals surface area contributed by atoms with Crippen molar-refractivity contribution >= 4 is 11.0 Å². The highest BCUT2D eigenvalue weighted by Crippen LogP contribution is 2.18. The number of para-hydroxylation sites is 2. The monoisotopic (exact) mass is 285 g/mol. The van der Waals surface area contributed by atoms with E-state index in [1.165, 1.54) is 12.1 Å². The zero-order valence-electron chi connectivity index (χ0n) is 11.1. The van der Waals surface area contributed by atoms with Gasteiger partial charge in [0.15, 0.2) is 0 Å². The van der Waals surface area contributed by atoms with Crippen LogP contribution < -0.4 is 5.73 Å². The van der Waals surface area contributed by atoms with Crippen LogP contribution in [-0.2, 0) is 6.42 Å². The number of hydrogen-bond acceptors (Lipinski definition) is 3. The van der Waals surface area contributed by atoms with Gasteiger partial charge in [0.1, 0.15) is 11.6 Å². The first-order valence-corrected chi connectivity index (χ1v) is 6.54. The van der Waals surface area contributed by atoms with Gasteiger partial charge in [0.25, 0.3) is 0 Å². The summed E-state index contributed by atoms with van der Waals surface area (Å²) in [5.74, 6) is -1.22. The average molecular weight is 285 g/mol. The molecule has 0 saturated heterocycles. The normalized spacial score (nSPS) is 12.5. The lowest BCUT2D eigenvalue weighted by Crippen LogP contribution is -2.15. The van der Waals surface area contributed by atoms with Gasteiger partial charge in [-0.3, -0.25) is 4.98 Å². The highest BCUT2D eigenvalue weighted by atomic mass is 19.1. The minimum Gasteiger partial charge on any atom is -0.322 e. The van der Waals surface area contributed by atoms with Crippen LogP contribution in [0, 0.1) is 11.6 Å². The van der Waals surface area contributed by atoms with Crippen molar-refractivity contribution < 1.29 is 8.78 Å². The van der Waals surface area contributed by atoms with E-state index in [4.69, 9.17) is 5.73 Å². The van der Waals surface area contributed by atoms with Gasteiger partial charge in [-0.15, -0.1) is 0 Å².